The van der Waals surface area contributed by atoms with Crippen LogP contribution in [0.3, 0.4) is 0 Å². The molecular formula is C18H24Cl2N4O. The van der Waals surface area contributed by atoms with Crippen LogP contribution in [0.2, 0.25) is 0 Å². The summed E-state index contributed by atoms with van der Waals surface area (Å²) in [6.45, 7) is 0. The van der Waals surface area contributed by atoms with Gasteiger partial charge in [0.2, 0.25) is 5.91 Å². The topological polar surface area (TPSA) is 80.0 Å². The first kappa shape index (κ1) is 21.2. The van der Waals surface area contributed by atoms with Crippen LogP contribution in [0.15, 0.2) is 48.7 Å². The van der Waals surface area contributed by atoms with Crippen molar-refractivity contribution >= 4 is 47.9 Å². The van der Waals surface area contributed by atoms with Crippen LogP contribution in [0.4, 0.5) is 17.2 Å². The normalized spacial score (nSPS) is 15.2. The van der Waals surface area contributed by atoms with E-state index in [4.69, 9.17) is 5.73 Å². The summed E-state index contributed by atoms with van der Waals surface area (Å²) in [4.78, 5) is 16.7. The number of nitrogens with zero attached hydrogens (tertiary/aromatic N) is 1. The summed E-state index contributed by atoms with van der Waals surface area (Å²) in [6, 6.07) is 13.5. The van der Waals surface area contributed by atoms with Gasteiger partial charge in [-0.3, -0.25) is 4.79 Å². The first-order chi connectivity index (χ1) is 11.2. The fourth-order valence-corrected chi connectivity index (χ4v) is 2.88. The molecule has 1 saturated carbocycles. The summed E-state index contributed by atoms with van der Waals surface area (Å²) in [7, 11) is 0. The Kier molecular flexibility index (Phi) is 8.16. The first-order valence-corrected chi connectivity index (χ1v) is 8.04. The van der Waals surface area contributed by atoms with Gasteiger partial charge >= 0.3 is 0 Å². The number of hydrogen-bond donors (Lipinski definition) is 3. The second-order valence-corrected chi connectivity index (χ2v) is 6.09. The van der Waals surface area contributed by atoms with E-state index in [-0.39, 0.29) is 30.7 Å². The molecule has 1 heterocycles. The molecule has 1 aliphatic rings. The zero-order chi connectivity index (χ0) is 16.1. The molecule has 1 fully saturated rings. The maximum atomic E-state index is 12.4. The predicted octanol–water partition coefficient (Wildman–Crippen LogP) is 4.27. The van der Waals surface area contributed by atoms with Crippen LogP contribution in [0.25, 0.3) is 0 Å². The highest BCUT2D eigenvalue weighted by molar-refractivity contribution is 5.98. The predicted molar refractivity (Wildman–Crippen MR) is 107 cm³/mol. The summed E-state index contributed by atoms with van der Waals surface area (Å²) in [6.07, 6.45) is 6.34. The molecule has 0 unspecified atom stereocenters. The van der Waals surface area contributed by atoms with Gasteiger partial charge in [0.15, 0.2) is 0 Å². The standard InChI is InChI=1S/C18H22N4O.2ClH/c19-18(11-5-2-6-12-18)17(23)22-15-9-10-16(20-13-15)21-14-7-3-1-4-8-14;;/h1,3-4,7-10,13H,2,5-6,11-12,19H2,(H,20,21)(H,22,23);2*1H. The van der Waals surface area contributed by atoms with Crippen LogP contribution in [0.5, 0.6) is 0 Å². The van der Waals surface area contributed by atoms with Crippen molar-refractivity contribution < 1.29 is 4.79 Å². The summed E-state index contributed by atoms with van der Waals surface area (Å²) in [5, 5.41) is 6.10. The minimum atomic E-state index is -0.737. The molecule has 1 aromatic carbocycles. The van der Waals surface area contributed by atoms with Gasteiger partial charge in [-0.15, -0.1) is 24.8 Å². The van der Waals surface area contributed by atoms with E-state index in [9.17, 15) is 4.79 Å². The number of carbonyl (C=O) groups is 1. The van der Waals surface area contributed by atoms with E-state index in [2.05, 4.69) is 15.6 Å². The second-order valence-electron chi connectivity index (χ2n) is 6.09. The third kappa shape index (κ3) is 5.59. The summed E-state index contributed by atoms with van der Waals surface area (Å²) in [5.74, 6) is 0.622. The van der Waals surface area contributed by atoms with Crippen molar-refractivity contribution in [1.29, 1.82) is 0 Å². The molecule has 2 aromatic rings. The third-order valence-corrected chi connectivity index (χ3v) is 4.27. The number of benzene rings is 1. The van der Waals surface area contributed by atoms with E-state index in [0.717, 1.165) is 43.6 Å². The van der Waals surface area contributed by atoms with Gasteiger partial charge in [-0.1, -0.05) is 37.5 Å². The molecule has 0 radical (unpaired) electrons. The van der Waals surface area contributed by atoms with Gasteiger partial charge in [-0.05, 0) is 37.1 Å². The molecule has 0 aliphatic heterocycles. The van der Waals surface area contributed by atoms with Crippen molar-refractivity contribution in [2.75, 3.05) is 10.6 Å². The Morgan fingerprint density at radius 2 is 1.64 bits per heavy atom. The molecule has 5 nitrogen and oxygen atoms in total. The number of carbonyl (C=O) groups excluding carboxylic acids is 1. The Bertz CT molecular complexity index is 659. The van der Waals surface area contributed by atoms with E-state index in [1.165, 1.54) is 0 Å². The van der Waals surface area contributed by atoms with Crippen LogP contribution in [-0.4, -0.2) is 16.4 Å². The number of halogens is 2. The van der Waals surface area contributed by atoms with Crippen molar-refractivity contribution in [2.24, 2.45) is 5.73 Å². The lowest BCUT2D eigenvalue weighted by Gasteiger charge is -2.31. The van der Waals surface area contributed by atoms with Gasteiger partial charge in [0.05, 0.1) is 17.4 Å². The first-order valence-electron chi connectivity index (χ1n) is 8.04. The molecular weight excluding hydrogens is 359 g/mol. The fourth-order valence-electron chi connectivity index (χ4n) is 2.88. The summed E-state index contributed by atoms with van der Waals surface area (Å²) < 4.78 is 0. The van der Waals surface area contributed by atoms with Crippen molar-refractivity contribution in [1.82, 2.24) is 4.98 Å². The number of pyridine rings is 1. The SMILES string of the molecule is Cl.Cl.NC1(C(=O)Nc2ccc(Nc3ccccc3)nc2)CCCCC1. The van der Waals surface area contributed by atoms with Crippen molar-refractivity contribution in [3.63, 3.8) is 0 Å². The summed E-state index contributed by atoms with van der Waals surface area (Å²) in [5.41, 5.74) is 7.14. The van der Waals surface area contributed by atoms with Gasteiger partial charge in [-0.25, -0.2) is 4.98 Å². The Morgan fingerprint density at radius 1 is 0.960 bits per heavy atom. The third-order valence-electron chi connectivity index (χ3n) is 4.27. The van der Waals surface area contributed by atoms with Gasteiger partial charge in [0, 0.05) is 5.69 Å². The van der Waals surface area contributed by atoms with E-state index in [0.29, 0.717) is 5.69 Å². The molecule has 0 bridgehead atoms. The minimum Gasteiger partial charge on any atom is -0.340 e. The molecule has 0 spiro atoms. The van der Waals surface area contributed by atoms with Crippen molar-refractivity contribution in [3.8, 4) is 0 Å². The lowest BCUT2D eigenvalue weighted by Crippen LogP contribution is -2.52. The second kappa shape index (κ2) is 9.61. The molecule has 25 heavy (non-hydrogen) atoms. The maximum absolute atomic E-state index is 12.4. The monoisotopic (exact) mass is 382 g/mol. The van der Waals surface area contributed by atoms with Crippen LogP contribution < -0.4 is 16.4 Å². The number of anilines is 3. The minimum absolute atomic E-state index is 0. The molecule has 4 N–H and O–H groups in total. The highest BCUT2D eigenvalue weighted by Gasteiger charge is 2.35. The van der Waals surface area contributed by atoms with Gasteiger partial charge in [0.25, 0.3) is 0 Å². The molecule has 0 atom stereocenters. The van der Waals surface area contributed by atoms with Crippen LogP contribution in [0.1, 0.15) is 32.1 Å². The van der Waals surface area contributed by atoms with Crippen molar-refractivity contribution in [2.45, 2.75) is 37.6 Å². The fraction of sp³-hybridized carbons (Fsp3) is 0.333. The molecule has 3 rings (SSSR count). The number of amides is 1. The van der Waals surface area contributed by atoms with E-state index >= 15 is 0 Å². The van der Waals surface area contributed by atoms with Crippen LogP contribution in [0, 0.1) is 0 Å². The molecule has 1 amide bonds. The Morgan fingerprint density at radius 3 is 2.24 bits per heavy atom. The molecule has 0 saturated heterocycles. The lowest BCUT2D eigenvalue weighted by molar-refractivity contribution is -0.122. The number of nitrogens with one attached hydrogen (secondary N) is 2. The molecule has 1 aromatic heterocycles. The number of hydrogen-bond acceptors (Lipinski definition) is 4. The van der Waals surface area contributed by atoms with E-state index < -0.39 is 5.54 Å². The number of para-hydroxylation sites is 1. The molecule has 136 valence electrons. The Hall–Kier alpha value is -1.82. The zero-order valence-corrected chi connectivity index (χ0v) is 15.5. The average Bonchev–Trinajstić information content (AvgIpc) is 2.58. The van der Waals surface area contributed by atoms with Gasteiger partial charge in [-0.2, -0.15) is 0 Å². The maximum Gasteiger partial charge on any atom is 0.244 e. The molecule has 7 heteroatoms. The van der Waals surface area contributed by atoms with Crippen LogP contribution in [-0.2, 0) is 4.79 Å². The number of nitrogens with two attached hydrogens (primary N) is 1. The molecule has 1 aliphatic carbocycles. The average molecular weight is 383 g/mol. The largest absolute Gasteiger partial charge is 0.340 e. The van der Waals surface area contributed by atoms with Gasteiger partial charge < -0.3 is 16.4 Å². The Labute approximate surface area is 160 Å². The van der Waals surface area contributed by atoms with E-state index in [1.54, 1.807) is 6.20 Å². The highest BCUT2D eigenvalue weighted by atomic mass is 35.5. The zero-order valence-electron chi connectivity index (χ0n) is 13.9. The van der Waals surface area contributed by atoms with Crippen molar-refractivity contribution in [3.05, 3.63) is 48.7 Å². The summed E-state index contributed by atoms with van der Waals surface area (Å²) >= 11 is 0. The van der Waals surface area contributed by atoms with Gasteiger partial charge in [0.1, 0.15) is 5.82 Å². The van der Waals surface area contributed by atoms with Crippen LogP contribution >= 0.6 is 24.8 Å². The smallest absolute Gasteiger partial charge is 0.244 e. The highest BCUT2D eigenvalue weighted by Crippen LogP contribution is 2.27. The lowest BCUT2D eigenvalue weighted by atomic mass is 9.82. The quantitative estimate of drug-likeness (QED) is 0.737. The van der Waals surface area contributed by atoms with E-state index in [1.807, 2.05) is 42.5 Å². The Balaban J connectivity index is 0.00000156. The number of rotatable bonds is 4. The number of aromatic nitrogens is 1.